The normalized spacial score (nSPS) is 13.7. The molecule has 2 amide bonds. The first-order valence-corrected chi connectivity index (χ1v) is 7.81. The van der Waals surface area contributed by atoms with Crippen molar-refractivity contribution in [1.82, 2.24) is 15.2 Å². The molecule has 3 rings (SSSR count). The van der Waals surface area contributed by atoms with Crippen LogP contribution in [0, 0.1) is 13.8 Å². The van der Waals surface area contributed by atoms with Crippen molar-refractivity contribution in [2.75, 3.05) is 18.1 Å². The summed E-state index contributed by atoms with van der Waals surface area (Å²) in [6.45, 7) is 3.59. The van der Waals surface area contributed by atoms with Crippen molar-refractivity contribution in [3.63, 3.8) is 0 Å². The third kappa shape index (κ3) is 3.37. The maximum atomic E-state index is 12.2. The Morgan fingerprint density at radius 2 is 2.16 bits per heavy atom. The number of fused-ring (bicyclic) bond motifs is 1. The standard InChI is InChI=1S/C17H19N5O3/c1-11-13(12(2)21(3)20-11)8-18-19-16(23)9-22-14-6-4-5-7-15(14)25-10-17(22)24/h4-8H,9-10H2,1-3H3,(H,19,23)/b18-8-. The summed E-state index contributed by atoms with van der Waals surface area (Å²) in [6.07, 6.45) is 1.56. The minimum absolute atomic E-state index is 0.0817. The number of aromatic nitrogens is 2. The van der Waals surface area contributed by atoms with E-state index in [0.717, 1.165) is 17.0 Å². The Labute approximate surface area is 145 Å². The summed E-state index contributed by atoms with van der Waals surface area (Å²) in [4.78, 5) is 25.6. The Hall–Kier alpha value is -3.16. The van der Waals surface area contributed by atoms with Crippen LogP contribution >= 0.6 is 0 Å². The van der Waals surface area contributed by atoms with Gasteiger partial charge in [0, 0.05) is 18.3 Å². The second kappa shape index (κ2) is 6.76. The molecule has 0 atom stereocenters. The highest BCUT2D eigenvalue weighted by Crippen LogP contribution is 2.31. The predicted molar refractivity (Wildman–Crippen MR) is 92.7 cm³/mol. The Morgan fingerprint density at radius 3 is 2.88 bits per heavy atom. The lowest BCUT2D eigenvalue weighted by atomic mass is 10.2. The van der Waals surface area contributed by atoms with Gasteiger partial charge in [0.15, 0.2) is 6.61 Å². The number of rotatable bonds is 4. The lowest BCUT2D eigenvalue weighted by molar-refractivity contribution is -0.125. The minimum atomic E-state index is -0.388. The van der Waals surface area contributed by atoms with Gasteiger partial charge >= 0.3 is 0 Å². The van der Waals surface area contributed by atoms with Gasteiger partial charge in [-0.1, -0.05) is 12.1 Å². The second-order valence-corrected chi connectivity index (χ2v) is 5.74. The fourth-order valence-corrected chi connectivity index (χ4v) is 2.65. The fraction of sp³-hybridized carbons (Fsp3) is 0.294. The molecule has 0 fully saturated rings. The number of ether oxygens (including phenoxy) is 1. The van der Waals surface area contributed by atoms with Crippen molar-refractivity contribution >= 4 is 23.7 Å². The van der Waals surface area contributed by atoms with Gasteiger partial charge in [-0.15, -0.1) is 0 Å². The van der Waals surface area contributed by atoms with Crippen LogP contribution in [-0.2, 0) is 16.6 Å². The molecule has 0 unspecified atom stereocenters. The van der Waals surface area contributed by atoms with Crippen molar-refractivity contribution in [3.8, 4) is 5.75 Å². The average Bonchev–Trinajstić information content (AvgIpc) is 2.83. The van der Waals surface area contributed by atoms with Gasteiger partial charge in [-0.25, -0.2) is 5.43 Å². The number of hydrazone groups is 1. The van der Waals surface area contributed by atoms with E-state index in [2.05, 4.69) is 15.6 Å². The number of benzene rings is 1. The highest BCUT2D eigenvalue weighted by molar-refractivity contribution is 6.02. The second-order valence-electron chi connectivity index (χ2n) is 5.74. The number of hydrogen-bond donors (Lipinski definition) is 1. The summed E-state index contributed by atoms with van der Waals surface area (Å²) in [5, 5.41) is 8.26. The van der Waals surface area contributed by atoms with E-state index in [-0.39, 0.29) is 25.0 Å². The molecule has 0 aliphatic carbocycles. The maximum Gasteiger partial charge on any atom is 0.265 e. The highest BCUT2D eigenvalue weighted by Gasteiger charge is 2.26. The van der Waals surface area contributed by atoms with Crippen molar-refractivity contribution in [2.24, 2.45) is 12.1 Å². The van der Waals surface area contributed by atoms with Crippen molar-refractivity contribution < 1.29 is 14.3 Å². The predicted octanol–water partition coefficient (Wildman–Crippen LogP) is 0.913. The first kappa shape index (κ1) is 16.7. The van der Waals surface area contributed by atoms with Crippen LogP contribution in [0.5, 0.6) is 5.75 Å². The topological polar surface area (TPSA) is 88.8 Å². The summed E-state index contributed by atoms with van der Waals surface area (Å²) in [6, 6.07) is 7.11. The highest BCUT2D eigenvalue weighted by atomic mass is 16.5. The number of aryl methyl sites for hydroxylation is 2. The molecule has 0 spiro atoms. The number of anilines is 1. The van der Waals surface area contributed by atoms with Gasteiger partial charge in [0.2, 0.25) is 0 Å². The van der Waals surface area contributed by atoms with Crippen LogP contribution in [0.4, 0.5) is 5.69 Å². The first-order chi connectivity index (χ1) is 12.0. The van der Waals surface area contributed by atoms with Crippen molar-refractivity contribution in [2.45, 2.75) is 13.8 Å². The molecular weight excluding hydrogens is 322 g/mol. The third-order valence-electron chi connectivity index (χ3n) is 4.06. The molecule has 1 N–H and O–H groups in total. The molecule has 2 aromatic rings. The Bertz CT molecular complexity index is 856. The fourth-order valence-electron chi connectivity index (χ4n) is 2.65. The Balaban J connectivity index is 1.67. The number of amides is 2. The van der Waals surface area contributed by atoms with Crippen LogP contribution in [0.3, 0.4) is 0 Å². The van der Waals surface area contributed by atoms with E-state index in [1.54, 1.807) is 29.1 Å². The molecule has 0 radical (unpaired) electrons. The van der Waals surface area contributed by atoms with Crippen LogP contribution in [0.2, 0.25) is 0 Å². The smallest absolute Gasteiger partial charge is 0.265 e. The molecular formula is C17H19N5O3. The quantitative estimate of drug-likeness (QED) is 0.661. The molecule has 1 aromatic carbocycles. The summed E-state index contributed by atoms with van der Waals surface area (Å²) >= 11 is 0. The number of carbonyl (C=O) groups excluding carboxylic acids is 2. The molecule has 2 heterocycles. The zero-order valence-electron chi connectivity index (χ0n) is 14.3. The van der Waals surface area contributed by atoms with E-state index in [1.807, 2.05) is 27.0 Å². The molecule has 25 heavy (non-hydrogen) atoms. The summed E-state index contributed by atoms with van der Waals surface area (Å²) in [5.74, 6) is -0.0720. The van der Waals surface area contributed by atoms with Crippen LogP contribution in [-0.4, -0.2) is 41.0 Å². The molecule has 0 saturated carbocycles. The summed E-state index contributed by atoms with van der Waals surface area (Å²) in [7, 11) is 1.85. The number of hydrogen-bond acceptors (Lipinski definition) is 5. The molecule has 1 aliphatic heterocycles. The molecule has 0 bridgehead atoms. The van der Waals surface area contributed by atoms with E-state index >= 15 is 0 Å². The number of nitrogens with zero attached hydrogens (tertiary/aromatic N) is 4. The SMILES string of the molecule is Cc1nn(C)c(C)c1/C=N\NC(=O)CN1C(=O)COc2ccccc21. The van der Waals surface area contributed by atoms with E-state index in [1.165, 1.54) is 4.90 Å². The molecule has 130 valence electrons. The zero-order chi connectivity index (χ0) is 18.0. The molecule has 0 saturated heterocycles. The van der Waals surface area contributed by atoms with E-state index in [4.69, 9.17) is 4.74 Å². The van der Waals surface area contributed by atoms with Crippen LogP contribution < -0.4 is 15.1 Å². The summed E-state index contributed by atoms with van der Waals surface area (Å²) < 4.78 is 7.11. The molecule has 8 nitrogen and oxygen atoms in total. The van der Waals surface area contributed by atoms with E-state index < -0.39 is 0 Å². The Morgan fingerprint density at radius 1 is 1.40 bits per heavy atom. The van der Waals surface area contributed by atoms with Crippen molar-refractivity contribution in [1.29, 1.82) is 0 Å². The average molecular weight is 341 g/mol. The number of nitrogens with one attached hydrogen (secondary N) is 1. The van der Waals surface area contributed by atoms with Crippen LogP contribution in [0.15, 0.2) is 29.4 Å². The third-order valence-corrected chi connectivity index (χ3v) is 4.06. The van der Waals surface area contributed by atoms with Crippen LogP contribution in [0.1, 0.15) is 17.0 Å². The van der Waals surface area contributed by atoms with Crippen molar-refractivity contribution in [3.05, 3.63) is 41.2 Å². The zero-order valence-corrected chi connectivity index (χ0v) is 14.3. The van der Waals surface area contributed by atoms with Gasteiger partial charge in [-0.05, 0) is 26.0 Å². The largest absolute Gasteiger partial charge is 0.482 e. The van der Waals surface area contributed by atoms with Gasteiger partial charge in [0.05, 0.1) is 17.6 Å². The van der Waals surface area contributed by atoms with Crippen LogP contribution in [0.25, 0.3) is 0 Å². The van der Waals surface area contributed by atoms with E-state index in [0.29, 0.717) is 11.4 Å². The van der Waals surface area contributed by atoms with Gasteiger partial charge < -0.3 is 4.74 Å². The maximum absolute atomic E-state index is 12.2. The molecule has 1 aliphatic rings. The number of para-hydroxylation sites is 2. The lowest BCUT2D eigenvalue weighted by Crippen LogP contribution is -2.44. The number of carbonyl (C=O) groups is 2. The lowest BCUT2D eigenvalue weighted by Gasteiger charge is -2.28. The van der Waals surface area contributed by atoms with Gasteiger partial charge in [-0.2, -0.15) is 10.2 Å². The first-order valence-electron chi connectivity index (χ1n) is 7.81. The van der Waals surface area contributed by atoms with Gasteiger partial charge in [0.1, 0.15) is 12.3 Å². The van der Waals surface area contributed by atoms with Gasteiger partial charge in [-0.3, -0.25) is 19.2 Å². The van der Waals surface area contributed by atoms with Gasteiger partial charge in [0.25, 0.3) is 11.8 Å². The molecule has 1 aromatic heterocycles. The molecule has 8 heteroatoms. The van der Waals surface area contributed by atoms with E-state index in [9.17, 15) is 9.59 Å². The minimum Gasteiger partial charge on any atom is -0.482 e. The monoisotopic (exact) mass is 341 g/mol. The summed E-state index contributed by atoms with van der Waals surface area (Å²) in [5.41, 5.74) is 5.67. The Kier molecular flexibility index (Phi) is 4.51.